The van der Waals surface area contributed by atoms with Gasteiger partial charge in [0, 0.05) is 19.0 Å². The van der Waals surface area contributed by atoms with E-state index in [4.69, 9.17) is 10.5 Å². The number of amides is 5. The first-order valence-electron chi connectivity index (χ1n) is 13.6. The Hall–Kier alpha value is -2.89. The van der Waals surface area contributed by atoms with Gasteiger partial charge in [-0.15, -0.1) is 0 Å². The van der Waals surface area contributed by atoms with Crippen molar-refractivity contribution in [3.05, 3.63) is 0 Å². The first kappa shape index (κ1) is 30.6. The van der Waals surface area contributed by atoms with Gasteiger partial charge in [-0.3, -0.25) is 19.2 Å². The Balaban J connectivity index is 1.85. The molecule has 3 rings (SSSR count). The summed E-state index contributed by atoms with van der Waals surface area (Å²) in [6.07, 6.45) is -1.90. The van der Waals surface area contributed by atoms with Crippen LogP contribution < -0.4 is 21.7 Å². The Bertz CT molecular complexity index is 1010. The average Bonchev–Trinajstić information content (AvgIpc) is 3.14. The molecule has 0 bridgehead atoms. The van der Waals surface area contributed by atoms with Crippen molar-refractivity contribution < 1.29 is 33.8 Å². The van der Waals surface area contributed by atoms with E-state index in [2.05, 4.69) is 16.0 Å². The van der Waals surface area contributed by atoms with Crippen LogP contribution >= 0.6 is 0 Å². The van der Waals surface area contributed by atoms with Crippen LogP contribution in [0.1, 0.15) is 68.2 Å². The second kappa shape index (κ2) is 10.6. The zero-order valence-corrected chi connectivity index (χ0v) is 24.3. The zero-order valence-electron chi connectivity index (χ0n) is 24.3. The molecule has 6 N–H and O–H groups in total. The van der Waals surface area contributed by atoms with Gasteiger partial charge in [-0.25, -0.2) is 4.79 Å². The van der Waals surface area contributed by atoms with Crippen LogP contribution in [-0.2, 0) is 23.9 Å². The van der Waals surface area contributed by atoms with E-state index in [1.807, 2.05) is 34.6 Å². The highest BCUT2D eigenvalue weighted by atomic mass is 16.6. The van der Waals surface area contributed by atoms with Crippen LogP contribution in [0.3, 0.4) is 0 Å². The number of ether oxygens (including phenoxy) is 1. The topological polar surface area (TPSA) is 180 Å². The number of likely N-dealkylation sites (tertiary alicyclic amines) is 1. The van der Waals surface area contributed by atoms with Crippen molar-refractivity contribution in [2.45, 2.75) is 98.1 Å². The molecule has 0 aromatic heterocycles. The number of alkyl carbamates (subject to hydrolysis) is 1. The largest absolute Gasteiger partial charge is 0.444 e. The maximum Gasteiger partial charge on any atom is 0.408 e. The molecule has 1 aliphatic carbocycles. The van der Waals surface area contributed by atoms with E-state index in [0.29, 0.717) is 19.5 Å². The summed E-state index contributed by atoms with van der Waals surface area (Å²) in [6.45, 7) is 15.5. The fourth-order valence-electron chi connectivity index (χ4n) is 5.96. The van der Waals surface area contributed by atoms with Gasteiger partial charge in [-0.05, 0) is 56.3 Å². The van der Waals surface area contributed by atoms with Gasteiger partial charge in [-0.2, -0.15) is 0 Å². The van der Waals surface area contributed by atoms with Crippen molar-refractivity contribution in [1.82, 2.24) is 20.9 Å². The Morgan fingerprint density at radius 3 is 2.26 bits per heavy atom. The minimum atomic E-state index is -1.70. The SMILES string of the molecule is CC(C)(C)OC(=O)NC(C(=O)N1C[C@H]2[C@@H]([C@H]1C(=O)N[C@@H](C[C@@H]1CCNC1=O)C(O)C(N)=O)C2(C)C)C(C)(C)C. The monoisotopic (exact) mass is 551 g/mol. The summed E-state index contributed by atoms with van der Waals surface area (Å²) in [7, 11) is 0. The molecule has 7 atom stereocenters. The Kier molecular flexibility index (Phi) is 8.32. The van der Waals surface area contributed by atoms with Crippen LogP contribution in [0.5, 0.6) is 0 Å². The van der Waals surface area contributed by atoms with Crippen molar-refractivity contribution in [2.24, 2.45) is 34.3 Å². The molecule has 2 heterocycles. The average molecular weight is 552 g/mol. The number of primary amides is 1. The molecule has 12 nitrogen and oxygen atoms in total. The Labute approximate surface area is 230 Å². The summed E-state index contributed by atoms with van der Waals surface area (Å²) in [4.78, 5) is 65.8. The van der Waals surface area contributed by atoms with Crippen LogP contribution in [0.2, 0.25) is 0 Å². The minimum absolute atomic E-state index is 0.0324. The highest BCUT2D eigenvalue weighted by Gasteiger charge is 2.70. The van der Waals surface area contributed by atoms with E-state index >= 15 is 0 Å². The molecule has 5 amide bonds. The van der Waals surface area contributed by atoms with Crippen molar-refractivity contribution >= 4 is 29.7 Å². The molecule has 3 fully saturated rings. The van der Waals surface area contributed by atoms with E-state index in [0.717, 1.165) is 0 Å². The first-order chi connectivity index (χ1) is 17.8. The summed E-state index contributed by atoms with van der Waals surface area (Å²) >= 11 is 0. The van der Waals surface area contributed by atoms with Crippen molar-refractivity contribution in [3.8, 4) is 0 Å². The van der Waals surface area contributed by atoms with E-state index in [1.165, 1.54) is 4.90 Å². The van der Waals surface area contributed by atoms with Crippen LogP contribution in [-0.4, -0.2) is 82.6 Å². The van der Waals surface area contributed by atoms with E-state index in [9.17, 15) is 29.1 Å². The minimum Gasteiger partial charge on any atom is -0.444 e. The van der Waals surface area contributed by atoms with E-state index < -0.39 is 65.0 Å². The van der Waals surface area contributed by atoms with Crippen molar-refractivity contribution in [2.75, 3.05) is 13.1 Å². The highest BCUT2D eigenvalue weighted by Crippen LogP contribution is 2.65. The van der Waals surface area contributed by atoms with Gasteiger partial charge in [-0.1, -0.05) is 34.6 Å². The number of hydrogen-bond acceptors (Lipinski definition) is 7. The van der Waals surface area contributed by atoms with Crippen molar-refractivity contribution in [1.29, 1.82) is 0 Å². The lowest BCUT2D eigenvalue weighted by Gasteiger charge is -2.38. The quantitative estimate of drug-likeness (QED) is 0.287. The van der Waals surface area contributed by atoms with E-state index in [-0.39, 0.29) is 29.6 Å². The second-order valence-corrected chi connectivity index (χ2v) is 13.8. The van der Waals surface area contributed by atoms with Gasteiger partial charge in [0.25, 0.3) is 0 Å². The van der Waals surface area contributed by atoms with Gasteiger partial charge >= 0.3 is 6.09 Å². The lowest BCUT2D eigenvalue weighted by Crippen LogP contribution is -2.61. The number of carbonyl (C=O) groups excluding carboxylic acids is 5. The zero-order chi connectivity index (χ0) is 29.7. The predicted molar refractivity (Wildman–Crippen MR) is 142 cm³/mol. The third kappa shape index (κ3) is 6.64. The Morgan fingerprint density at radius 1 is 1.15 bits per heavy atom. The van der Waals surface area contributed by atoms with Crippen LogP contribution in [0.25, 0.3) is 0 Å². The molecular weight excluding hydrogens is 506 g/mol. The standard InChI is InChI=1S/C27H45N5O7/c1-25(2,3)19(31-24(38)39-26(4,5)6)23(37)32-12-14-16(27(14,7)8)17(32)22(36)30-15(18(33)20(28)34)11-13-9-10-29-21(13)35/h13-19,33H,9-12H2,1-8H3,(H2,28,34)(H,29,35)(H,30,36)(H,31,38)/t13-,14-,15-,16-,17-,18?,19?/m0/s1. The summed E-state index contributed by atoms with van der Waals surface area (Å²) in [5.41, 5.74) is 3.70. The molecule has 12 heteroatoms. The molecule has 2 unspecified atom stereocenters. The summed E-state index contributed by atoms with van der Waals surface area (Å²) < 4.78 is 5.38. The number of piperidine rings is 1. The number of nitrogens with one attached hydrogen (secondary N) is 3. The fourth-order valence-corrected chi connectivity index (χ4v) is 5.96. The van der Waals surface area contributed by atoms with Gasteiger partial charge in [0.15, 0.2) is 6.10 Å². The number of fused-ring (bicyclic) bond motifs is 1. The van der Waals surface area contributed by atoms with Gasteiger partial charge in [0.05, 0.1) is 6.04 Å². The fraction of sp³-hybridized carbons (Fsp3) is 0.815. The number of nitrogens with zero attached hydrogens (tertiary/aromatic N) is 1. The molecule has 3 aliphatic rings. The van der Waals surface area contributed by atoms with Gasteiger partial charge in [0.2, 0.25) is 23.6 Å². The van der Waals surface area contributed by atoms with Crippen LogP contribution in [0.4, 0.5) is 4.79 Å². The predicted octanol–water partition coefficient (Wildman–Crippen LogP) is 0.266. The molecule has 1 saturated carbocycles. The molecule has 0 aromatic rings. The van der Waals surface area contributed by atoms with E-state index in [1.54, 1.807) is 20.8 Å². The third-order valence-corrected chi connectivity index (χ3v) is 8.24. The molecule has 220 valence electrons. The molecule has 2 saturated heterocycles. The lowest BCUT2D eigenvalue weighted by atomic mass is 9.85. The smallest absolute Gasteiger partial charge is 0.408 e. The van der Waals surface area contributed by atoms with Crippen molar-refractivity contribution in [3.63, 3.8) is 0 Å². The van der Waals surface area contributed by atoms with Gasteiger partial charge < -0.3 is 36.4 Å². The first-order valence-corrected chi connectivity index (χ1v) is 13.6. The number of aliphatic hydroxyl groups excluding tert-OH is 1. The molecule has 0 radical (unpaired) electrons. The molecule has 0 spiro atoms. The summed E-state index contributed by atoms with van der Waals surface area (Å²) in [5, 5.41) is 18.6. The number of aliphatic hydroxyl groups is 1. The molecular formula is C27H45N5O7. The number of rotatable bonds is 8. The summed E-state index contributed by atoms with van der Waals surface area (Å²) in [6, 6.07) is -2.96. The number of carbonyl (C=O) groups is 5. The number of hydrogen-bond donors (Lipinski definition) is 5. The maximum absolute atomic E-state index is 13.9. The highest BCUT2D eigenvalue weighted by molar-refractivity contribution is 5.94. The maximum atomic E-state index is 13.9. The number of nitrogens with two attached hydrogens (primary N) is 1. The van der Waals surface area contributed by atoms with Crippen LogP contribution in [0, 0.1) is 28.6 Å². The molecule has 2 aliphatic heterocycles. The molecule has 0 aromatic carbocycles. The van der Waals surface area contributed by atoms with Gasteiger partial charge in [0.1, 0.15) is 17.7 Å². The molecule has 39 heavy (non-hydrogen) atoms. The lowest BCUT2D eigenvalue weighted by molar-refractivity contribution is -0.145. The normalized spacial score (nSPS) is 28.0. The summed E-state index contributed by atoms with van der Waals surface area (Å²) in [5.74, 6) is -2.75. The Morgan fingerprint density at radius 2 is 1.77 bits per heavy atom. The van der Waals surface area contributed by atoms with Crippen LogP contribution in [0.15, 0.2) is 0 Å². The third-order valence-electron chi connectivity index (χ3n) is 8.24. The second-order valence-electron chi connectivity index (χ2n) is 13.8.